The smallest absolute Gasteiger partial charge is 0.255 e. The summed E-state index contributed by atoms with van der Waals surface area (Å²) >= 11 is 3.99. The fourth-order valence-corrected chi connectivity index (χ4v) is 1.07. The normalized spacial score (nSPS) is 17.8. The van der Waals surface area contributed by atoms with Crippen LogP contribution in [0, 0.1) is 0 Å². The topological polar surface area (TPSA) is 46.6 Å². The van der Waals surface area contributed by atoms with Crippen molar-refractivity contribution >= 4 is 24.4 Å². The SMILES string of the molecule is C=C(CS)CN1C(=O)COCC1=O. The molecule has 1 aliphatic rings. The maximum atomic E-state index is 11.2. The van der Waals surface area contributed by atoms with E-state index in [1.54, 1.807) is 0 Å². The van der Waals surface area contributed by atoms with Crippen LogP contribution in [-0.4, -0.2) is 42.2 Å². The third-order valence-electron chi connectivity index (χ3n) is 1.66. The minimum absolute atomic E-state index is 0.0222. The number of thiol groups is 1. The maximum absolute atomic E-state index is 11.2. The number of hydrogen-bond donors (Lipinski definition) is 1. The number of carbonyl (C=O) groups excluding carboxylic acids is 2. The van der Waals surface area contributed by atoms with Crippen LogP contribution in [-0.2, 0) is 14.3 Å². The molecule has 13 heavy (non-hydrogen) atoms. The van der Waals surface area contributed by atoms with Gasteiger partial charge in [0.25, 0.3) is 11.8 Å². The zero-order chi connectivity index (χ0) is 9.84. The Morgan fingerprint density at radius 2 is 2.00 bits per heavy atom. The van der Waals surface area contributed by atoms with Gasteiger partial charge in [-0.15, -0.1) is 0 Å². The quantitative estimate of drug-likeness (QED) is 0.393. The van der Waals surface area contributed by atoms with Gasteiger partial charge >= 0.3 is 0 Å². The van der Waals surface area contributed by atoms with Crippen molar-refractivity contribution in [3.05, 3.63) is 12.2 Å². The molecule has 0 spiro atoms. The predicted octanol–water partition coefficient (Wildman–Crippen LogP) is -0.142. The summed E-state index contributed by atoms with van der Waals surface area (Å²) in [5.74, 6) is -0.142. The molecule has 0 radical (unpaired) electrons. The molecule has 0 unspecified atom stereocenters. The van der Waals surface area contributed by atoms with Crippen molar-refractivity contribution in [2.24, 2.45) is 0 Å². The number of hydrogen-bond acceptors (Lipinski definition) is 4. The first kappa shape index (κ1) is 10.3. The number of carbonyl (C=O) groups is 2. The van der Waals surface area contributed by atoms with E-state index in [9.17, 15) is 9.59 Å². The van der Waals surface area contributed by atoms with Crippen molar-refractivity contribution < 1.29 is 14.3 Å². The summed E-state index contributed by atoms with van der Waals surface area (Å²) in [6.45, 7) is 3.88. The molecule has 0 aromatic heterocycles. The zero-order valence-corrected chi connectivity index (χ0v) is 8.05. The average Bonchev–Trinajstić information content (AvgIpc) is 2.11. The molecule has 1 heterocycles. The largest absolute Gasteiger partial charge is 0.362 e. The number of ether oxygens (including phenoxy) is 1. The molecule has 5 heteroatoms. The highest BCUT2D eigenvalue weighted by molar-refractivity contribution is 7.80. The summed E-state index contributed by atoms with van der Waals surface area (Å²) < 4.78 is 4.75. The van der Waals surface area contributed by atoms with Crippen molar-refractivity contribution in [2.75, 3.05) is 25.5 Å². The number of rotatable bonds is 3. The molecule has 0 saturated carbocycles. The van der Waals surface area contributed by atoms with Gasteiger partial charge in [-0.3, -0.25) is 14.5 Å². The first-order valence-corrected chi connectivity index (χ1v) is 4.47. The Bertz CT molecular complexity index is 236. The van der Waals surface area contributed by atoms with Gasteiger partial charge < -0.3 is 4.74 Å². The summed E-state index contributed by atoms with van der Waals surface area (Å²) in [5.41, 5.74) is 0.743. The predicted molar refractivity (Wildman–Crippen MR) is 50.5 cm³/mol. The van der Waals surface area contributed by atoms with E-state index >= 15 is 0 Å². The van der Waals surface area contributed by atoms with E-state index in [2.05, 4.69) is 19.2 Å². The molecule has 0 aromatic carbocycles. The molecular formula is C8H11NO3S. The van der Waals surface area contributed by atoms with Gasteiger partial charge in [0.05, 0.1) is 6.54 Å². The Balaban J connectivity index is 2.59. The van der Waals surface area contributed by atoms with E-state index in [0.29, 0.717) is 5.75 Å². The van der Waals surface area contributed by atoms with Crippen LogP contribution in [0.2, 0.25) is 0 Å². The summed E-state index contributed by atoms with van der Waals surface area (Å²) in [4.78, 5) is 23.5. The first-order chi connectivity index (χ1) is 6.15. The molecule has 1 aliphatic heterocycles. The lowest BCUT2D eigenvalue weighted by molar-refractivity contribution is -0.157. The zero-order valence-electron chi connectivity index (χ0n) is 7.15. The van der Waals surface area contributed by atoms with Crippen LogP contribution in [0.5, 0.6) is 0 Å². The van der Waals surface area contributed by atoms with Gasteiger partial charge in [-0.1, -0.05) is 6.58 Å². The Morgan fingerprint density at radius 3 is 2.46 bits per heavy atom. The van der Waals surface area contributed by atoms with Gasteiger partial charge in [0, 0.05) is 5.75 Å². The Morgan fingerprint density at radius 1 is 1.46 bits per heavy atom. The van der Waals surface area contributed by atoms with E-state index in [4.69, 9.17) is 4.74 Å². The number of amides is 2. The van der Waals surface area contributed by atoms with Crippen LogP contribution < -0.4 is 0 Å². The van der Waals surface area contributed by atoms with Crippen LogP contribution in [0.15, 0.2) is 12.2 Å². The Kier molecular flexibility index (Phi) is 3.50. The van der Waals surface area contributed by atoms with Crippen molar-refractivity contribution in [2.45, 2.75) is 0 Å². The summed E-state index contributed by atoms with van der Waals surface area (Å²) in [7, 11) is 0. The van der Waals surface area contributed by atoms with Gasteiger partial charge in [-0.05, 0) is 5.57 Å². The molecule has 4 nitrogen and oxygen atoms in total. The van der Waals surface area contributed by atoms with E-state index in [0.717, 1.165) is 10.5 Å². The number of nitrogens with zero attached hydrogens (tertiary/aromatic N) is 1. The van der Waals surface area contributed by atoms with E-state index in [1.165, 1.54) is 0 Å². The van der Waals surface area contributed by atoms with Crippen molar-refractivity contribution in [1.29, 1.82) is 0 Å². The highest BCUT2D eigenvalue weighted by Crippen LogP contribution is 2.05. The molecule has 1 saturated heterocycles. The first-order valence-electron chi connectivity index (χ1n) is 3.83. The molecule has 1 fully saturated rings. The Labute approximate surface area is 81.9 Å². The second kappa shape index (κ2) is 4.43. The van der Waals surface area contributed by atoms with Gasteiger partial charge in [0.15, 0.2) is 0 Å². The second-order valence-corrected chi connectivity index (χ2v) is 3.09. The van der Waals surface area contributed by atoms with E-state index in [1.807, 2.05) is 0 Å². The molecule has 2 amide bonds. The molecule has 0 aromatic rings. The minimum atomic E-state index is -0.306. The van der Waals surface area contributed by atoms with E-state index < -0.39 is 0 Å². The standard InChI is InChI=1S/C8H11NO3S/c1-6(5-13)2-9-7(10)3-12-4-8(9)11/h13H,1-5H2. The average molecular weight is 201 g/mol. The van der Waals surface area contributed by atoms with E-state index in [-0.39, 0.29) is 31.6 Å². The van der Waals surface area contributed by atoms with Gasteiger partial charge in [0.2, 0.25) is 0 Å². The molecular weight excluding hydrogens is 190 g/mol. The molecule has 0 aliphatic carbocycles. The summed E-state index contributed by atoms with van der Waals surface area (Å²) in [6, 6.07) is 0. The fourth-order valence-electron chi connectivity index (χ4n) is 0.971. The fraction of sp³-hybridized carbons (Fsp3) is 0.500. The van der Waals surface area contributed by atoms with Crippen LogP contribution >= 0.6 is 12.6 Å². The number of morpholine rings is 1. The van der Waals surface area contributed by atoms with Gasteiger partial charge in [0.1, 0.15) is 13.2 Å². The summed E-state index contributed by atoms with van der Waals surface area (Å²) in [5, 5.41) is 0. The summed E-state index contributed by atoms with van der Waals surface area (Å²) in [6.07, 6.45) is 0. The molecule has 0 N–H and O–H groups in total. The molecule has 0 atom stereocenters. The van der Waals surface area contributed by atoms with Gasteiger partial charge in [-0.2, -0.15) is 12.6 Å². The maximum Gasteiger partial charge on any atom is 0.255 e. The Hall–Kier alpha value is -0.810. The van der Waals surface area contributed by atoms with Crippen molar-refractivity contribution in [3.63, 3.8) is 0 Å². The third-order valence-corrected chi connectivity index (χ3v) is 2.11. The molecule has 0 bridgehead atoms. The van der Waals surface area contributed by atoms with Crippen LogP contribution in [0.25, 0.3) is 0 Å². The molecule has 1 rings (SSSR count). The minimum Gasteiger partial charge on any atom is -0.362 e. The lowest BCUT2D eigenvalue weighted by atomic mass is 10.3. The second-order valence-electron chi connectivity index (χ2n) is 2.77. The van der Waals surface area contributed by atoms with Crippen molar-refractivity contribution in [1.82, 2.24) is 4.90 Å². The van der Waals surface area contributed by atoms with Crippen LogP contribution in [0.4, 0.5) is 0 Å². The third kappa shape index (κ3) is 2.57. The lowest BCUT2D eigenvalue weighted by Crippen LogP contribution is -2.46. The monoisotopic (exact) mass is 201 g/mol. The van der Waals surface area contributed by atoms with Gasteiger partial charge in [-0.25, -0.2) is 0 Å². The highest BCUT2D eigenvalue weighted by atomic mass is 32.1. The van der Waals surface area contributed by atoms with Crippen LogP contribution in [0.3, 0.4) is 0 Å². The van der Waals surface area contributed by atoms with Crippen LogP contribution in [0.1, 0.15) is 0 Å². The number of imide groups is 1. The van der Waals surface area contributed by atoms with Crippen molar-refractivity contribution in [3.8, 4) is 0 Å². The lowest BCUT2D eigenvalue weighted by Gasteiger charge is -2.25. The molecule has 72 valence electrons. The highest BCUT2D eigenvalue weighted by Gasteiger charge is 2.26.